The third-order valence-electron chi connectivity index (χ3n) is 6.30. The van der Waals surface area contributed by atoms with Crippen molar-refractivity contribution in [3.05, 3.63) is 59.2 Å². The second-order valence-electron chi connectivity index (χ2n) is 8.22. The fourth-order valence-electron chi connectivity index (χ4n) is 3.89. The molecule has 0 heterocycles. The van der Waals surface area contributed by atoms with Gasteiger partial charge in [0, 0.05) is 11.6 Å². The summed E-state index contributed by atoms with van der Waals surface area (Å²) in [4.78, 5) is 12.8. The van der Waals surface area contributed by atoms with E-state index >= 15 is 0 Å². The molecule has 1 fully saturated rings. The summed E-state index contributed by atoms with van der Waals surface area (Å²) in [6, 6.07) is 11.8. The van der Waals surface area contributed by atoms with Gasteiger partial charge in [0.2, 0.25) is 0 Å². The molecule has 6 heteroatoms. The van der Waals surface area contributed by atoms with E-state index in [2.05, 4.69) is 23.9 Å². The molecule has 1 amide bonds. The van der Waals surface area contributed by atoms with Crippen molar-refractivity contribution in [1.82, 2.24) is 5.32 Å². The van der Waals surface area contributed by atoms with Gasteiger partial charge < -0.3 is 5.32 Å². The average molecular weight is 415 g/mol. The van der Waals surface area contributed by atoms with E-state index in [4.69, 9.17) is 0 Å². The molecule has 0 aliphatic heterocycles. The topological polar surface area (TPSA) is 75.3 Å². The number of aryl methyl sites for hydroxylation is 1. The summed E-state index contributed by atoms with van der Waals surface area (Å²) in [6.07, 6.45) is 3.31. The Hall–Kier alpha value is -2.34. The summed E-state index contributed by atoms with van der Waals surface area (Å²) < 4.78 is 28.1. The van der Waals surface area contributed by atoms with Crippen molar-refractivity contribution in [3.8, 4) is 0 Å². The average Bonchev–Trinajstić information content (AvgIpc) is 2.69. The number of nitrogens with one attached hydrogen (secondary N) is 2. The molecular formula is C23H30N2O3S. The summed E-state index contributed by atoms with van der Waals surface area (Å²) in [5, 5.41) is 3.12. The molecular weight excluding hydrogens is 384 g/mol. The van der Waals surface area contributed by atoms with Gasteiger partial charge in [-0.05, 0) is 73.6 Å². The maximum absolute atomic E-state index is 12.7. The zero-order chi connectivity index (χ0) is 21.2. The summed E-state index contributed by atoms with van der Waals surface area (Å²) in [5.41, 5.74) is 2.94. The van der Waals surface area contributed by atoms with Crippen LogP contribution in [-0.4, -0.2) is 20.4 Å². The number of hydrogen-bond acceptors (Lipinski definition) is 3. The van der Waals surface area contributed by atoms with Crippen LogP contribution in [0.1, 0.15) is 54.6 Å². The first-order chi connectivity index (χ1) is 13.7. The minimum atomic E-state index is -3.72. The first-order valence-electron chi connectivity index (χ1n) is 10.2. The van der Waals surface area contributed by atoms with Gasteiger partial charge in [0.15, 0.2) is 0 Å². The second kappa shape index (κ2) is 8.57. The van der Waals surface area contributed by atoms with Gasteiger partial charge in [0.05, 0.1) is 10.6 Å². The van der Waals surface area contributed by atoms with Gasteiger partial charge in [-0.15, -0.1) is 0 Å². The van der Waals surface area contributed by atoms with Gasteiger partial charge in [0.1, 0.15) is 0 Å². The zero-order valence-electron chi connectivity index (χ0n) is 17.5. The SMILES string of the molecule is Cc1cccc(NS(=O)(=O)c2ccc(C(=O)N[C@@H]3CCC[C@H](C)[C@@H]3C)cc2)c1C. The van der Waals surface area contributed by atoms with Crippen LogP contribution < -0.4 is 10.0 Å². The number of carbonyl (C=O) groups excluding carboxylic acids is 1. The maximum Gasteiger partial charge on any atom is 0.261 e. The third-order valence-corrected chi connectivity index (χ3v) is 7.68. The quantitative estimate of drug-likeness (QED) is 0.747. The Labute approximate surface area is 174 Å². The van der Waals surface area contributed by atoms with E-state index in [1.54, 1.807) is 18.2 Å². The molecule has 0 spiro atoms. The Bertz CT molecular complexity index is 984. The molecule has 0 aromatic heterocycles. The third kappa shape index (κ3) is 4.81. The molecule has 1 aliphatic rings. The van der Waals surface area contributed by atoms with Gasteiger partial charge in [-0.1, -0.05) is 38.8 Å². The first kappa shape index (κ1) is 21.4. The Balaban J connectivity index is 1.72. The Morgan fingerprint density at radius 2 is 1.69 bits per heavy atom. The molecule has 0 unspecified atom stereocenters. The number of rotatable bonds is 5. The predicted octanol–water partition coefficient (Wildman–Crippen LogP) is 4.66. The van der Waals surface area contributed by atoms with Crippen molar-refractivity contribution in [2.45, 2.75) is 57.9 Å². The fraction of sp³-hybridized carbons (Fsp3) is 0.435. The number of sulfonamides is 1. The lowest BCUT2D eigenvalue weighted by molar-refractivity contribution is 0.0891. The molecule has 0 radical (unpaired) electrons. The van der Waals surface area contributed by atoms with Crippen molar-refractivity contribution < 1.29 is 13.2 Å². The highest BCUT2D eigenvalue weighted by Crippen LogP contribution is 2.29. The van der Waals surface area contributed by atoms with Crippen LogP contribution >= 0.6 is 0 Å². The van der Waals surface area contributed by atoms with E-state index < -0.39 is 10.0 Å². The van der Waals surface area contributed by atoms with Crippen LogP contribution in [0.25, 0.3) is 0 Å². The van der Waals surface area contributed by atoms with Gasteiger partial charge in [-0.25, -0.2) is 8.42 Å². The summed E-state index contributed by atoms with van der Waals surface area (Å²) in [6.45, 7) is 8.23. The number of benzene rings is 2. The molecule has 29 heavy (non-hydrogen) atoms. The van der Waals surface area contributed by atoms with Crippen molar-refractivity contribution in [1.29, 1.82) is 0 Å². The van der Waals surface area contributed by atoms with Gasteiger partial charge in [-0.2, -0.15) is 0 Å². The molecule has 1 aliphatic carbocycles. The fourth-order valence-corrected chi connectivity index (χ4v) is 5.01. The van der Waals surface area contributed by atoms with Crippen molar-refractivity contribution in [2.75, 3.05) is 4.72 Å². The zero-order valence-corrected chi connectivity index (χ0v) is 18.3. The standard InChI is InChI=1S/C23H30N2O3S/c1-15-7-5-9-21(17(15)3)24-23(26)19-11-13-20(14-12-19)29(27,28)25-22-10-6-8-16(2)18(22)4/h6,8,10-15,17,21,25H,5,7,9H2,1-4H3,(H,24,26)/t15-,17-,21+/m0/s1. The van der Waals surface area contributed by atoms with Gasteiger partial charge in [-0.3, -0.25) is 9.52 Å². The van der Waals surface area contributed by atoms with E-state index in [1.807, 2.05) is 26.0 Å². The van der Waals surface area contributed by atoms with Crippen LogP contribution in [0, 0.1) is 25.7 Å². The highest BCUT2D eigenvalue weighted by Gasteiger charge is 2.28. The molecule has 2 aromatic carbocycles. The molecule has 5 nitrogen and oxygen atoms in total. The first-order valence-corrected chi connectivity index (χ1v) is 11.7. The van der Waals surface area contributed by atoms with E-state index in [1.165, 1.54) is 18.6 Å². The Morgan fingerprint density at radius 1 is 1.00 bits per heavy atom. The normalized spacial score (nSPS) is 22.1. The molecule has 1 saturated carbocycles. The van der Waals surface area contributed by atoms with Crippen molar-refractivity contribution in [3.63, 3.8) is 0 Å². The lowest BCUT2D eigenvalue weighted by Crippen LogP contribution is -2.43. The molecule has 3 rings (SSSR count). The second-order valence-corrected chi connectivity index (χ2v) is 9.91. The number of carbonyl (C=O) groups is 1. The summed E-state index contributed by atoms with van der Waals surface area (Å²) >= 11 is 0. The van der Waals surface area contributed by atoms with Crippen LogP contribution in [0.3, 0.4) is 0 Å². The van der Waals surface area contributed by atoms with Gasteiger partial charge in [0.25, 0.3) is 15.9 Å². The van der Waals surface area contributed by atoms with E-state index in [-0.39, 0.29) is 16.8 Å². The van der Waals surface area contributed by atoms with Crippen molar-refractivity contribution in [2.24, 2.45) is 11.8 Å². The molecule has 3 atom stereocenters. The number of amides is 1. The smallest absolute Gasteiger partial charge is 0.261 e. The Morgan fingerprint density at radius 3 is 2.38 bits per heavy atom. The molecule has 0 bridgehead atoms. The van der Waals surface area contributed by atoms with E-state index in [0.29, 0.717) is 23.1 Å². The summed E-state index contributed by atoms with van der Waals surface area (Å²) in [7, 11) is -3.72. The highest BCUT2D eigenvalue weighted by molar-refractivity contribution is 7.92. The van der Waals surface area contributed by atoms with Crippen LogP contribution in [0.2, 0.25) is 0 Å². The van der Waals surface area contributed by atoms with Crippen LogP contribution in [0.15, 0.2) is 47.4 Å². The van der Waals surface area contributed by atoms with Crippen LogP contribution in [0.5, 0.6) is 0 Å². The lowest BCUT2D eigenvalue weighted by Gasteiger charge is -2.34. The Kier molecular flexibility index (Phi) is 6.32. The molecule has 2 N–H and O–H groups in total. The highest BCUT2D eigenvalue weighted by atomic mass is 32.2. The van der Waals surface area contributed by atoms with E-state index in [0.717, 1.165) is 24.0 Å². The number of hydrogen-bond donors (Lipinski definition) is 2. The maximum atomic E-state index is 12.7. The van der Waals surface area contributed by atoms with Crippen LogP contribution in [-0.2, 0) is 10.0 Å². The monoisotopic (exact) mass is 414 g/mol. The molecule has 2 aromatic rings. The van der Waals surface area contributed by atoms with Crippen molar-refractivity contribution >= 4 is 21.6 Å². The van der Waals surface area contributed by atoms with Gasteiger partial charge >= 0.3 is 0 Å². The lowest BCUT2D eigenvalue weighted by atomic mass is 9.78. The molecule has 0 saturated heterocycles. The minimum absolute atomic E-state index is 0.134. The molecule has 156 valence electrons. The largest absolute Gasteiger partial charge is 0.349 e. The predicted molar refractivity (Wildman–Crippen MR) is 117 cm³/mol. The number of anilines is 1. The van der Waals surface area contributed by atoms with Crippen LogP contribution in [0.4, 0.5) is 5.69 Å². The summed E-state index contributed by atoms with van der Waals surface area (Å²) in [5.74, 6) is 0.884. The minimum Gasteiger partial charge on any atom is -0.349 e. The van der Waals surface area contributed by atoms with E-state index in [9.17, 15) is 13.2 Å².